The number of carboxylic acids is 1. The second-order valence-electron chi connectivity index (χ2n) is 2.95. The van der Waals surface area contributed by atoms with E-state index in [0.717, 1.165) is 9.86 Å². The molecule has 14 heavy (non-hydrogen) atoms. The highest BCUT2D eigenvalue weighted by Gasteiger charge is 2.05. The van der Waals surface area contributed by atoms with E-state index in [1.165, 1.54) is 6.26 Å². The van der Waals surface area contributed by atoms with Gasteiger partial charge < -0.3 is 14.3 Å². The van der Waals surface area contributed by atoms with E-state index >= 15 is 0 Å². The van der Waals surface area contributed by atoms with E-state index in [-0.39, 0.29) is 6.42 Å². The smallest absolute Gasteiger partial charge is 0.134 e. The van der Waals surface area contributed by atoms with Gasteiger partial charge in [-0.25, -0.2) is 0 Å². The average molecular weight is 254 g/mol. The fourth-order valence-corrected chi connectivity index (χ4v) is 1.71. The minimum absolute atomic E-state index is 0.122. The molecule has 0 amide bonds. The van der Waals surface area contributed by atoms with Gasteiger partial charge in [0.2, 0.25) is 0 Å². The van der Waals surface area contributed by atoms with Crippen molar-refractivity contribution in [3.8, 4) is 0 Å². The Balaban J connectivity index is 2.55. The van der Waals surface area contributed by atoms with Crippen LogP contribution < -0.4 is 5.11 Å². The maximum Gasteiger partial charge on any atom is 0.134 e. The predicted octanol–water partition coefficient (Wildman–Crippen LogP) is 1.49. The van der Waals surface area contributed by atoms with E-state index in [2.05, 4.69) is 15.9 Å². The lowest BCUT2D eigenvalue weighted by Gasteiger charge is -1.98. The predicted molar refractivity (Wildman–Crippen MR) is 52.6 cm³/mol. The number of hydrogen-bond donors (Lipinski definition) is 0. The van der Waals surface area contributed by atoms with Gasteiger partial charge in [0, 0.05) is 27.8 Å². The van der Waals surface area contributed by atoms with Crippen molar-refractivity contribution < 1.29 is 14.3 Å². The zero-order valence-corrected chi connectivity index (χ0v) is 8.71. The van der Waals surface area contributed by atoms with E-state index in [4.69, 9.17) is 4.42 Å². The summed E-state index contributed by atoms with van der Waals surface area (Å²) < 4.78 is 6.09. The fourth-order valence-electron chi connectivity index (χ4n) is 1.35. The minimum atomic E-state index is -1.10. The van der Waals surface area contributed by atoms with Crippen molar-refractivity contribution in [2.45, 2.75) is 6.42 Å². The molecule has 0 fully saturated rings. The lowest BCUT2D eigenvalue weighted by Crippen LogP contribution is -2.24. The number of fused-ring (bicyclic) bond motifs is 1. The van der Waals surface area contributed by atoms with E-state index in [0.29, 0.717) is 11.1 Å². The molecule has 1 aromatic heterocycles. The van der Waals surface area contributed by atoms with Crippen molar-refractivity contribution in [1.82, 2.24) is 0 Å². The van der Waals surface area contributed by atoms with Gasteiger partial charge in [0.05, 0.1) is 6.26 Å². The Labute approximate surface area is 88.5 Å². The van der Waals surface area contributed by atoms with Crippen molar-refractivity contribution in [2.24, 2.45) is 0 Å². The molecule has 0 aliphatic heterocycles. The number of carbonyl (C=O) groups is 1. The van der Waals surface area contributed by atoms with Gasteiger partial charge in [-0.1, -0.05) is 15.9 Å². The lowest BCUT2D eigenvalue weighted by molar-refractivity contribution is -0.304. The van der Waals surface area contributed by atoms with Crippen LogP contribution in [0.15, 0.2) is 33.4 Å². The van der Waals surface area contributed by atoms with Crippen LogP contribution in [-0.4, -0.2) is 5.97 Å². The number of carbonyl (C=O) groups excluding carboxylic acids is 1. The second kappa shape index (κ2) is 3.46. The fraction of sp³-hybridized carbons (Fsp3) is 0.100. The van der Waals surface area contributed by atoms with E-state index in [9.17, 15) is 9.90 Å². The van der Waals surface area contributed by atoms with Gasteiger partial charge in [-0.2, -0.15) is 0 Å². The normalized spacial score (nSPS) is 10.6. The Hall–Kier alpha value is -1.29. The van der Waals surface area contributed by atoms with Crippen LogP contribution in [0.1, 0.15) is 5.56 Å². The van der Waals surface area contributed by atoms with Gasteiger partial charge in [-0.15, -0.1) is 0 Å². The highest BCUT2D eigenvalue weighted by Crippen LogP contribution is 2.24. The summed E-state index contributed by atoms with van der Waals surface area (Å²) in [5, 5.41) is 11.2. The molecule has 0 saturated heterocycles. The summed E-state index contributed by atoms with van der Waals surface area (Å²) in [6.07, 6.45) is 1.33. The molecule has 4 heteroatoms. The van der Waals surface area contributed by atoms with Crippen LogP contribution in [0.25, 0.3) is 11.0 Å². The zero-order valence-electron chi connectivity index (χ0n) is 7.12. The summed E-state index contributed by atoms with van der Waals surface area (Å²) in [5.41, 5.74) is 1.32. The van der Waals surface area contributed by atoms with E-state index < -0.39 is 5.97 Å². The highest BCUT2D eigenvalue weighted by atomic mass is 79.9. The molecule has 2 aromatic rings. The van der Waals surface area contributed by atoms with Crippen LogP contribution >= 0.6 is 15.9 Å². The summed E-state index contributed by atoms with van der Waals surface area (Å²) in [4.78, 5) is 10.4. The molecule has 0 N–H and O–H groups in total. The molecule has 0 saturated carbocycles. The number of hydrogen-bond acceptors (Lipinski definition) is 3. The number of carboxylic acid groups (broad SMARTS) is 1. The number of halogens is 1. The van der Waals surface area contributed by atoms with Gasteiger partial charge in [0.15, 0.2) is 0 Å². The standard InChI is InChI=1S/C10H7BrO3/c11-7-1-2-9-8(4-7)6(5-14-9)3-10(12)13/h1-2,4-5H,3H2,(H,12,13)/p-1. The Morgan fingerprint density at radius 3 is 3.00 bits per heavy atom. The summed E-state index contributed by atoms with van der Waals surface area (Å²) in [6, 6.07) is 5.46. The topological polar surface area (TPSA) is 53.3 Å². The Kier molecular flexibility index (Phi) is 2.29. The second-order valence-corrected chi connectivity index (χ2v) is 3.87. The van der Waals surface area contributed by atoms with Gasteiger partial charge >= 0.3 is 0 Å². The van der Waals surface area contributed by atoms with Gasteiger partial charge in [0.1, 0.15) is 5.58 Å². The molecule has 0 radical (unpaired) electrons. The third kappa shape index (κ3) is 1.65. The Morgan fingerprint density at radius 1 is 1.50 bits per heavy atom. The van der Waals surface area contributed by atoms with Gasteiger partial charge in [-0.05, 0) is 18.2 Å². The Morgan fingerprint density at radius 2 is 2.29 bits per heavy atom. The zero-order chi connectivity index (χ0) is 10.1. The molecule has 1 heterocycles. The number of rotatable bonds is 2. The molecule has 2 rings (SSSR count). The van der Waals surface area contributed by atoms with Crippen molar-refractivity contribution >= 4 is 32.9 Å². The summed E-state index contributed by atoms with van der Waals surface area (Å²) in [5.74, 6) is -1.10. The van der Waals surface area contributed by atoms with Crippen molar-refractivity contribution in [2.75, 3.05) is 0 Å². The average Bonchev–Trinajstić information content (AvgIpc) is 2.47. The molecule has 0 aliphatic carbocycles. The molecule has 0 atom stereocenters. The first-order valence-corrected chi connectivity index (χ1v) is 4.81. The van der Waals surface area contributed by atoms with Gasteiger partial charge in [0.25, 0.3) is 0 Å². The molecule has 72 valence electrons. The molecule has 0 aliphatic rings. The quantitative estimate of drug-likeness (QED) is 0.815. The number of benzene rings is 1. The molecule has 1 aromatic carbocycles. The lowest BCUT2D eigenvalue weighted by atomic mass is 10.1. The molecular formula is C10H6BrO3-. The largest absolute Gasteiger partial charge is 0.550 e. The van der Waals surface area contributed by atoms with Crippen LogP contribution in [0, 0.1) is 0 Å². The molecule has 0 unspecified atom stereocenters. The number of furan rings is 1. The first kappa shape index (κ1) is 9.27. The molecule has 0 spiro atoms. The summed E-state index contributed by atoms with van der Waals surface area (Å²) in [6.45, 7) is 0. The van der Waals surface area contributed by atoms with Crippen LogP contribution in [0.3, 0.4) is 0 Å². The summed E-state index contributed by atoms with van der Waals surface area (Å²) in [7, 11) is 0. The van der Waals surface area contributed by atoms with Crippen molar-refractivity contribution in [3.63, 3.8) is 0 Å². The molecule has 3 nitrogen and oxygen atoms in total. The van der Waals surface area contributed by atoms with Crippen LogP contribution in [0.4, 0.5) is 0 Å². The monoisotopic (exact) mass is 253 g/mol. The highest BCUT2D eigenvalue weighted by molar-refractivity contribution is 9.10. The maximum atomic E-state index is 10.4. The first-order valence-electron chi connectivity index (χ1n) is 4.02. The van der Waals surface area contributed by atoms with E-state index in [1.807, 2.05) is 12.1 Å². The maximum absolute atomic E-state index is 10.4. The van der Waals surface area contributed by atoms with Crippen molar-refractivity contribution in [1.29, 1.82) is 0 Å². The van der Waals surface area contributed by atoms with E-state index in [1.54, 1.807) is 6.07 Å². The van der Waals surface area contributed by atoms with Crippen LogP contribution in [-0.2, 0) is 11.2 Å². The molecule has 0 bridgehead atoms. The van der Waals surface area contributed by atoms with Crippen LogP contribution in [0.5, 0.6) is 0 Å². The third-order valence-corrected chi connectivity index (χ3v) is 2.44. The van der Waals surface area contributed by atoms with Gasteiger partial charge in [-0.3, -0.25) is 0 Å². The minimum Gasteiger partial charge on any atom is -0.550 e. The first-order chi connectivity index (χ1) is 6.66. The Bertz CT molecular complexity index is 487. The number of aliphatic carboxylic acids is 1. The molecular weight excluding hydrogens is 248 g/mol. The summed E-state index contributed by atoms with van der Waals surface area (Å²) >= 11 is 3.31. The third-order valence-electron chi connectivity index (χ3n) is 1.95. The van der Waals surface area contributed by atoms with Crippen molar-refractivity contribution in [3.05, 3.63) is 34.5 Å². The SMILES string of the molecule is O=C([O-])Cc1coc2ccc(Br)cc12. The van der Waals surface area contributed by atoms with Crippen LogP contribution in [0.2, 0.25) is 0 Å².